The molecule has 4 nitrogen and oxygen atoms in total. The Morgan fingerprint density at radius 1 is 1.04 bits per heavy atom. The summed E-state index contributed by atoms with van der Waals surface area (Å²) in [5, 5.41) is 4.33. The summed E-state index contributed by atoms with van der Waals surface area (Å²) >= 11 is 6.29. The molecule has 0 aliphatic rings. The number of oxime groups is 1. The number of hydrogen-bond donors (Lipinski definition) is 0. The van der Waals surface area contributed by atoms with E-state index in [-0.39, 0.29) is 6.61 Å². The van der Waals surface area contributed by atoms with Crippen LogP contribution in [-0.2, 0) is 11.3 Å². The number of ether oxygens (including phenoxy) is 2. The van der Waals surface area contributed by atoms with Gasteiger partial charge in [0, 0.05) is 12.1 Å². The van der Waals surface area contributed by atoms with E-state index in [9.17, 15) is 8.78 Å². The van der Waals surface area contributed by atoms with Crippen molar-refractivity contribution in [3.8, 4) is 11.5 Å². The topological polar surface area (TPSA) is 40.0 Å². The van der Waals surface area contributed by atoms with Crippen molar-refractivity contribution in [1.29, 1.82) is 0 Å². The Hall–Kier alpha value is -1.82. The minimum absolute atomic E-state index is 0.197. The fourth-order valence-corrected chi connectivity index (χ4v) is 2.76. The molecular formula is C21H30ClF2NO3. The van der Waals surface area contributed by atoms with Crippen molar-refractivity contribution in [2.24, 2.45) is 5.16 Å². The summed E-state index contributed by atoms with van der Waals surface area (Å²) in [5.74, 6) is 1.10. The summed E-state index contributed by atoms with van der Waals surface area (Å²) in [6, 6.07) is 3.38. The van der Waals surface area contributed by atoms with E-state index < -0.39 is 6.08 Å². The predicted molar refractivity (Wildman–Crippen MR) is 110 cm³/mol. The number of benzene rings is 1. The summed E-state index contributed by atoms with van der Waals surface area (Å²) in [5.41, 5.74) is 1.82. The zero-order valence-corrected chi connectivity index (χ0v) is 17.7. The first kappa shape index (κ1) is 24.2. The first-order valence-corrected chi connectivity index (χ1v) is 10.0. The normalized spacial score (nSPS) is 10.4. The van der Waals surface area contributed by atoms with Gasteiger partial charge in [-0.25, -0.2) is 0 Å². The highest BCUT2D eigenvalue weighted by Crippen LogP contribution is 2.34. The fraction of sp³-hybridized carbons (Fsp3) is 0.571. The third-order valence-electron chi connectivity index (χ3n) is 3.84. The van der Waals surface area contributed by atoms with Crippen molar-refractivity contribution < 1.29 is 23.1 Å². The van der Waals surface area contributed by atoms with Crippen LogP contribution in [0.25, 0.3) is 0 Å². The summed E-state index contributed by atoms with van der Waals surface area (Å²) in [6.45, 7) is 6.83. The van der Waals surface area contributed by atoms with E-state index in [2.05, 4.69) is 5.16 Å². The summed E-state index contributed by atoms with van der Waals surface area (Å²) in [6.07, 6.45) is 4.86. The maximum atomic E-state index is 12.1. The third-order valence-corrected chi connectivity index (χ3v) is 4.12. The van der Waals surface area contributed by atoms with Gasteiger partial charge in [-0.3, -0.25) is 0 Å². The Morgan fingerprint density at radius 2 is 1.71 bits per heavy atom. The van der Waals surface area contributed by atoms with Gasteiger partial charge in [-0.15, -0.1) is 0 Å². The second-order valence-corrected chi connectivity index (χ2v) is 6.95. The molecular weight excluding hydrogens is 388 g/mol. The van der Waals surface area contributed by atoms with Crippen LogP contribution in [0, 0.1) is 0 Å². The summed E-state index contributed by atoms with van der Waals surface area (Å²) in [4.78, 5) is 5.16. The van der Waals surface area contributed by atoms with Gasteiger partial charge in [0.25, 0.3) is 6.08 Å². The smallest absolute Gasteiger partial charge is 0.269 e. The van der Waals surface area contributed by atoms with E-state index >= 15 is 0 Å². The third kappa shape index (κ3) is 10.5. The molecule has 0 radical (unpaired) electrons. The van der Waals surface area contributed by atoms with Gasteiger partial charge in [0.15, 0.2) is 0 Å². The monoisotopic (exact) mass is 417 g/mol. The quantitative estimate of drug-likeness (QED) is 0.190. The molecule has 0 fully saturated rings. The van der Waals surface area contributed by atoms with Crippen molar-refractivity contribution in [1.82, 2.24) is 0 Å². The summed E-state index contributed by atoms with van der Waals surface area (Å²) in [7, 11) is 0. The lowest BCUT2D eigenvalue weighted by Crippen LogP contribution is -2.02. The van der Waals surface area contributed by atoms with Gasteiger partial charge in [0.1, 0.15) is 24.7 Å². The van der Waals surface area contributed by atoms with Crippen LogP contribution in [0.4, 0.5) is 8.78 Å². The van der Waals surface area contributed by atoms with Crippen LogP contribution < -0.4 is 9.47 Å². The van der Waals surface area contributed by atoms with Gasteiger partial charge in [-0.1, -0.05) is 36.5 Å². The lowest BCUT2D eigenvalue weighted by molar-refractivity contribution is 0.139. The van der Waals surface area contributed by atoms with E-state index in [1.165, 1.54) is 0 Å². The Bertz CT molecular complexity index is 643. The van der Waals surface area contributed by atoms with Crippen LogP contribution in [0.15, 0.2) is 29.4 Å². The molecule has 0 aliphatic carbocycles. The first-order valence-electron chi connectivity index (χ1n) is 9.66. The number of aryl methyl sites for hydroxylation is 1. The number of unbranched alkanes of at least 4 members (excludes halogenated alkanes) is 4. The molecule has 1 aromatic carbocycles. The van der Waals surface area contributed by atoms with Crippen LogP contribution in [0.5, 0.6) is 11.5 Å². The molecule has 1 aromatic rings. The zero-order valence-electron chi connectivity index (χ0n) is 16.9. The minimum Gasteiger partial charge on any atom is -0.492 e. The van der Waals surface area contributed by atoms with Crippen LogP contribution in [0.1, 0.15) is 58.4 Å². The Kier molecular flexibility index (Phi) is 12.3. The molecule has 0 unspecified atom stereocenters. The molecule has 0 saturated heterocycles. The van der Waals surface area contributed by atoms with E-state index in [0.29, 0.717) is 42.2 Å². The number of nitrogens with zero attached hydrogens (tertiary/aromatic N) is 1. The Labute approximate surface area is 171 Å². The van der Waals surface area contributed by atoms with Crippen molar-refractivity contribution >= 4 is 17.3 Å². The second kappa shape index (κ2) is 14.2. The lowest BCUT2D eigenvalue weighted by atomic mass is 10.1. The maximum absolute atomic E-state index is 12.1. The zero-order chi connectivity index (χ0) is 20.8. The van der Waals surface area contributed by atoms with Gasteiger partial charge in [0.05, 0.1) is 17.3 Å². The van der Waals surface area contributed by atoms with Crippen molar-refractivity contribution in [3.63, 3.8) is 0 Å². The molecule has 1 rings (SSSR count). The van der Waals surface area contributed by atoms with Gasteiger partial charge in [-0.05, 0) is 51.2 Å². The molecule has 0 aromatic heterocycles. The molecule has 7 heteroatoms. The molecule has 0 atom stereocenters. The van der Waals surface area contributed by atoms with Gasteiger partial charge in [-0.2, -0.15) is 8.78 Å². The van der Waals surface area contributed by atoms with Gasteiger partial charge >= 0.3 is 0 Å². The highest BCUT2D eigenvalue weighted by molar-refractivity contribution is 6.32. The standard InChI is InChI=1S/C21H30ClF2NO3/c1-4-17-14-18(26-13-10-20(23)24)15-19(22)21(17)27-11-8-6-5-7-9-12-28-25-16(2)3/h10,14-15H,4-9,11-13H2,1-3H3. The Morgan fingerprint density at radius 3 is 2.36 bits per heavy atom. The highest BCUT2D eigenvalue weighted by atomic mass is 35.5. The van der Waals surface area contributed by atoms with Crippen LogP contribution in [0.2, 0.25) is 5.02 Å². The summed E-state index contributed by atoms with van der Waals surface area (Å²) < 4.78 is 35.3. The van der Waals surface area contributed by atoms with Crippen LogP contribution in [0.3, 0.4) is 0 Å². The molecule has 0 spiro atoms. The fourth-order valence-electron chi connectivity index (χ4n) is 2.48. The van der Waals surface area contributed by atoms with E-state index in [1.807, 2.05) is 20.8 Å². The molecule has 0 amide bonds. The van der Waals surface area contributed by atoms with Crippen molar-refractivity contribution in [2.45, 2.75) is 59.3 Å². The lowest BCUT2D eigenvalue weighted by Gasteiger charge is -2.14. The van der Waals surface area contributed by atoms with Crippen molar-refractivity contribution in [3.05, 3.63) is 34.9 Å². The van der Waals surface area contributed by atoms with Gasteiger partial charge < -0.3 is 14.3 Å². The molecule has 0 N–H and O–H groups in total. The Balaban J connectivity index is 2.33. The average molecular weight is 418 g/mol. The minimum atomic E-state index is -1.76. The average Bonchev–Trinajstić information content (AvgIpc) is 2.63. The first-order chi connectivity index (χ1) is 13.4. The van der Waals surface area contributed by atoms with Crippen LogP contribution in [-0.4, -0.2) is 25.5 Å². The molecule has 28 heavy (non-hydrogen) atoms. The highest BCUT2D eigenvalue weighted by Gasteiger charge is 2.11. The SMILES string of the molecule is CCc1cc(OCC=C(F)F)cc(Cl)c1OCCCCCCCON=C(C)C. The van der Waals surface area contributed by atoms with Gasteiger partial charge in [0.2, 0.25) is 0 Å². The van der Waals surface area contributed by atoms with E-state index in [1.54, 1.807) is 12.1 Å². The second-order valence-electron chi connectivity index (χ2n) is 6.54. The van der Waals surface area contributed by atoms with E-state index in [4.69, 9.17) is 25.9 Å². The molecule has 0 aliphatic heterocycles. The van der Waals surface area contributed by atoms with Crippen molar-refractivity contribution in [2.75, 3.05) is 19.8 Å². The van der Waals surface area contributed by atoms with E-state index in [0.717, 1.165) is 43.4 Å². The number of hydrogen-bond acceptors (Lipinski definition) is 4. The molecule has 0 heterocycles. The number of rotatable bonds is 14. The number of halogens is 3. The largest absolute Gasteiger partial charge is 0.492 e. The molecule has 158 valence electrons. The molecule has 0 bridgehead atoms. The maximum Gasteiger partial charge on any atom is 0.269 e. The predicted octanol–water partition coefficient (Wildman–Crippen LogP) is 6.80. The molecule has 0 saturated carbocycles. The van der Waals surface area contributed by atoms with Crippen LogP contribution >= 0.6 is 11.6 Å².